The third kappa shape index (κ3) is 2.08. The van der Waals surface area contributed by atoms with E-state index in [0.717, 1.165) is 38.0 Å². The number of nitrogens with zero attached hydrogens (tertiary/aromatic N) is 2. The third-order valence-corrected chi connectivity index (χ3v) is 3.76. The number of carbonyl (C=O) groups is 1. The van der Waals surface area contributed by atoms with Crippen LogP contribution in [0.5, 0.6) is 0 Å². The highest BCUT2D eigenvalue weighted by atomic mass is 16.2. The van der Waals surface area contributed by atoms with Crippen LogP contribution in [0.4, 0.5) is 5.69 Å². The smallest absolute Gasteiger partial charge is 0.274 e. The van der Waals surface area contributed by atoms with E-state index >= 15 is 0 Å². The van der Waals surface area contributed by atoms with Crippen molar-refractivity contribution in [2.24, 2.45) is 0 Å². The summed E-state index contributed by atoms with van der Waals surface area (Å²) in [7, 11) is 2.06. The number of hydrogen-bond donors (Lipinski definition) is 3. The highest BCUT2D eigenvalue weighted by Crippen LogP contribution is 2.42. The summed E-state index contributed by atoms with van der Waals surface area (Å²) in [6.45, 7) is 1.92. The zero-order valence-electron chi connectivity index (χ0n) is 10.6. The summed E-state index contributed by atoms with van der Waals surface area (Å²) in [6, 6.07) is 0.211. The maximum atomic E-state index is 12.1. The molecule has 1 saturated carbocycles. The first-order chi connectivity index (χ1) is 8.65. The normalized spacial score (nSPS) is 24.4. The fourth-order valence-corrected chi connectivity index (χ4v) is 2.53. The number of nitrogens with one attached hydrogen (secondary N) is 2. The molecule has 1 atom stereocenters. The number of anilines is 1. The summed E-state index contributed by atoms with van der Waals surface area (Å²) in [5.74, 6) is 0.326. The monoisotopic (exact) mass is 249 g/mol. The summed E-state index contributed by atoms with van der Waals surface area (Å²) < 4.78 is 0. The van der Waals surface area contributed by atoms with Crippen molar-refractivity contribution in [3.63, 3.8) is 0 Å². The molecule has 18 heavy (non-hydrogen) atoms. The highest BCUT2D eigenvalue weighted by Gasteiger charge is 2.31. The number of amides is 1. The molecule has 0 spiro atoms. The van der Waals surface area contributed by atoms with Gasteiger partial charge in [-0.2, -0.15) is 5.10 Å². The Bertz CT molecular complexity index is 465. The van der Waals surface area contributed by atoms with Crippen LogP contribution in [0.1, 0.15) is 41.4 Å². The number of nitrogens with two attached hydrogens (primary N) is 1. The predicted molar refractivity (Wildman–Crippen MR) is 68.3 cm³/mol. The van der Waals surface area contributed by atoms with Gasteiger partial charge in [0.15, 0.2) is 5.69 Å². The van der Waals surface area contributed by atoms with Gasteiger partial charge in [-0.25, -0.2) is 0 Å². The molecule has 98 valence electrons. The molecule has 1 aromatic heterocycles. The van der Waals surface area contributed by atoms with Crippen LogP contribution in [0, 0.1) is 0 Å². The Balaban J connectivity index is 1.68. The predicted octanol–water partition coefficient (Wildman–Crippen LogP) is 0.303. The molecular weight excluding hydrogens is 230 g/mol. The van der Waals surface area contributed by atoms with Crippen molar-refractivity contribution in [1.29, 1.82) is 0 Å². The van der Waals surface area contributed by atoms with E-state index < -0.39 is 0 Å². The second-order valence-corrected chi connectivity index (χ2v) is 5.40. The maximum Gasteiger partial charge on any atom is 0.274 e. The molecule has 1 aliphatic heterocycles. The van der Waals surface area contributed by atoms with Gasteiger partial charge < -0.3 is 16.0 Å². The Morgan fingerprint density at radius 1 is 1.50 bits per heavy atom. The first-order valence-corrected chi connectivity index (χ1v) is 6.48. The Morgan fingerprint density at radius 3 is 2.89 bits per heavy atom. The first-order valence-electron chi connectivity index (χ1n) is 6.48. The number of hydrogen-bond acceptors (Lipinski definition) is 4. The molecule has 0 aromatic carbocycles. The number of H-pyrrole nitrogens is 1. The van der Waals surface area contributed by atoms with Crippen LogP contribution in [-0.2, 0) is 0 Å². The van der Waals surface area contributed by atoms with Crippen LogP contribution in [-0.4, -0.2) is 47.2 Å². The van der Waals surface area contributed by atoms with Gasteiger partial charge in [-0.3, -0.25) is 9.89 Å². The molecule has 1 amide bonds. The van der Waals surface area contributed by atoms with Gasteiger partial charge in [-0.05, 0) is 32.9 Å². The van der Waals surface area contributed by atoms with E-state index in [2.05, 4.69) is 27.5 Å². The second-order valence-electron chi connectivity index (χ2n) is 5.40. The Kier molecular flexibility index (Phi) is 2.74. The molecule has 0 bridgehead atoms. The van der Waals surface area contributed by atoms with Crippen LogP contribution < -0.4 is 11.1 Å². The lowest BCUT2D eigenvalue weighted by atomic mass is 10.2. The van der Waals surface area contributed by atoms with Crippen LogP contribution in [0.15, 0.2) is 0 Å². The van der Waals surface area contributed by atoms with Gasteiger partial charge in [0.2, 0.25) is 0 Å². The summed E-state index contributed by atoms with van der Waals surface area (Å²) in [5, 5.41) is 9.96. The lowest BCUT2D eigenvalue weighted by molar-refractivity contribution is 0.0934. The minimum Gasteiger partial charge on any atom is -0.395 e. The number of likely N-dealkylation sites (tertiary alicyclic amines) is 1. The number of aromatic nitrogens is 2. The van der Waals surface area contributed by atoms with E-state index in [9.17, 15) is 4.79 Å². The van der Waals surface area contributed by atoms with Crippen LogP contribution in [0.25, 0.3) is 0 Å². The van der Waals surface area contributed by atoms with Crippen LogP contribution in [0.2, 0.25) is 0 Å². The molecular formula is C12H19N5O. The number of aromatic amines is 1. The zero-order chi connectivity index (χ0) is 12.7. The molecule has 1 aliphatic carbocycles. The molecule has 1 saturated heterocycles. The minimum atomic E-state index is -0.157. The largest absolute Gasteiger partial charge is 0.395 e. The molecule has 3 rings (SSSR count). The summed E-state index contributed by atoms with van der Waals surface area (Å²) in [4.78, 5) is 14.3. The van der Waals surface area contributed by atoms with Gasteiger partial charge in [-0.1, -0.05) is 0 Å². The average molecular weight is 249 g/mol. The maximum absolute atomic E-state index is 12.1. The van der Waals surface area contributed by atoms with Gasteiger partial charge >= 0.3 is 0 Å². The molecule has 6 heteroatoms. The Morgan fingerprint density at radius 2 is 2.28 bits per heavy atom. The van der Waals surface area contributed by atoms with E-state index in [0.29, 0.717) is 17.3 Å². The number of rotatable bonds is 3. The zero-order valence-corrected chi connectivity index (χ0v) is 10.6. The highest BCUT2D eigenvalue weighted by molar-refractivity contribution is 5.97. The first kappa shape index (κ1) is 11.5. The van der Waals surface area contributed by atoms with Crippen molar-refractivity contribution < 1.29 is 4.79 Å². The van der Waals surface area contributed by atoms with Gasteiger partial charge in [0.1, 0.15) is 0 Å². The van der Waals surface area contributed by atoms with Crippen molar-refractivity contribution in [2.45, 2.75) is 31.2 Å². The van der Waals surface area contributed by atoms with Crippen LogP contribution in [0.3, 0.4) is 0 Å². The summed E-state index contributed by atoms with van der Waals surface area (Å²) in [6.07, 6.45) is 3.27. The van der Waals surface area contributed by atoms with E-state index in [1.165, 1.54) is 0 Å². The average Bonchev–Trinajstić information content (AvgIpc) is 2.98. The van der Waals surface area contributed by atoms with Crippen molar-refractivity contribution in [2.75, 3.05) is 25.9 Å². The second kappa shape index (κ2) is 4.28. The van der Waals surface area contributed by atoms with Gasteiger partial charge in [0.25, 0.3) is 5.91 Å². The molecule has 2 aliphatic rings. The van der Waals surface area contributed by atoms with E-state index in [-0.39, 0.29) is 11.9 Å². The number of carbonyl (C=O) groups excluding carboxylic acids is 1. The Hall–Kier alpha value is -1.56. The SMILES string of the molecule is CN1CCC(NC(=O)c2n[nH]c(C3CC3)c2N)C1. The standard InChI is InChI=1S/C12H19N5O/c1-17-5-4-8(6-17)14-12(18)11-9(13)10(15-16-11)7-2-3-7/h7-8H,2-6,13H2,1H3,(H,14,18)(H,15,16). The van der Waals surface area contributed by atoms with Gasteiger partial charge in [-0.15, -0.1) is 0 Å². The van der Waals surface area contributed by atoms with Crippen LogP contribution >= 0.6 is 0 Å². The van der Waals surface area contributed by atoms with E-state index in [4.69, 9.17) is 5.73 Å². The number of likely N-dealkylation sites (N-methyl/N-ethyl adjacent to an activating group) is 1. The molecule has 1 unspecified atom stereocenters. The fourth-order valence-electron chi connectivity index (χ4n) is 2.53. The topological polar surface area (TPSA) is 87.0 Å². The lowest BCUT2D eigenvalue weighted by Crippen LogP contribution is -2.37. The number of nitrogen functional groups attached to an aromatic ring is 1. The molecule has 2 fully saturated rings. The minimum absolute atomic E-state index is 0.157. The van der Waals surface area contributed by atoms with Gasteiger partial charge in [0, 0.05) is 18.5 Å². The van der Waals surface area contributed by atoms with Crippen molar-refractivity contribution in [1.82, 2.24) is 20.4 Å². The van der Waals surface area contributed by atoms with E-state index in [1.54, 1.807) is 0 Å². The van der Waals surface area contributed by atoms with Crippen molar-refractivity contribution in [3.8, 4) is 0 Å². The molecule has 0 radical (unpaired) electrons. The van der Waals surface area contributed by atoms with E-state index in [1.807, 2.05) is 0 Å². The lowest BCUT2D eigenvalue weighted by Gasteiger charge is -2.11. The molecule has 2 heterocycles. The summed E-state index contributed by atoms with van der Waals surface area (Å²) in [5.41, 5.74) is 7.80. The van der Waals surface area contributed by atoms with Crippen molar-refractivity contribution in [3.05, 3.63) is 11.4 Å². The molecule has 6 nitrogen and oxygen atoms in total. The fraction of sp³-hybridized carbons (Fsp3) is 0.667. The molecule has 1 aromatic rings. The quantitative estimate of drug-likeness (QED) is 0.719. The molecule has 4 N–H and O–H groups in total. The third-order valence-electron chi connectivity index (χ3n) is 3.76. The van der Waals surface area contributed by atoms with Gasteiger partial charge in [0.05, 0.1) is 11.4 Å². The Labute approximate surface area is 106 Å². The van der Waals surface area contributed by atoms with Crippen molar-refractivity contribution >= 4 is 11.6 Å². The summed E-state index contributed by atoms with van der Waals surface area (Å²) >= 11 is 0.